The molecule has 1 fully saturated rings. The van der Waals surface area contributed by atoms with Crippen LogP contribution in [-0.4, -0.2) is 41.2 Å². The van der Waals surface area contributed by atoms with Crippen LogP contribution in [0.25, 0.3) is 0 Å². The summed E-state index contributed by atoms with van der Waals surface area (Å²) in [7, 11) is 0. The summed E-state index contributed by atoms with van der Waals surface area (Å²) >= 11 is 1.85. The van der Waals surface area contributed by atoms with Crippen LogP contribution in [0.5, 0.6) is 0 Å². The lowest BCUT2D eigenvalue weighted by atomic mass is 10.0. The van der Waals surface area contributed by atoms with Gasteiger partial charge in [0.25, 0.3) is 0 Å². The number of aliphatic hydroxyl groups excluding tert-OH is 1. The molecule has 7 heteroatoms. The summed E-state index contributed by atoms with van der Waals surface area (Å²) in [5.41, 5.74) is 1.31. The van der Waals surface area contributed by atoms with Crippen LogP contribution in [-0.2, 0) is 24.1 Å². The number of β-amino-alcohol motifs (C(OH)–C–C–N with tert-alkyl or cyclic N) is 1. The Morgan fingerprint density at radius 2 is 2.23 bits per heavy atom. The van der Waals surface area contributed by atoms with Gasteiger partial charge in [0, 0.05) is 24.4 Å². The molecule has 1 amide bonds. The molecule has 1 aliphatic carbocycles. The minimum atomic E-state index is -0.387. The SMILES string of the molecule is Cl.O=C(NCCCc1nc2c(s1)CCCC2)C1CC(O)CN1. The van der Waals surface area contributed by atoms with Crippen LogP contribution in [0.3, 0.4) is 0 Å². The van der Waals surface area contributed by atoms with Gasteiger partial charge in [-0.1, -0.05) is 0 Å². The normalized spacial score (nSPS) is 23.7. The zero-order chi connectivity index (χ0) is 14.7. The highest BCUT2D eigenvalue weighted by Gasteiger charge is 2.27. The summed E-state index contributed by atoms with van der Waals surface area (Å²) in [6, 6.07) is -0.229. The first kappa shape index (κ1) is 17.7. The van der Waals surface area contributed by atoms with Crippen molar-refractivity contribution in [3.05, 3.63) is 15.6 Å². The largest absolute Gasteiger partial charge is 0.392 e. The number of halogens is 1. The van der Waals surface area contributed by atoms with Gasteiger partial charge in [-0.2, -0.15) is 0 Å². The molecule has 2 atom stereocenters. The summed E-state index contributed by atoms with van der Waals surface area (Å²) in [6.07, 6.45) is 6.90. The van der Waals surface area contributed by atoms with Crippen LogP contribution < -0.4 is 10.6 Å². The fourth-order valence-corrected chi connectivity index (χ4v) is 4.20. The molecule has 3 rings (SSSR count). The van der Waals surface area contributed by atoms with E-state index in [1.165, 1.54) is 34.8 Å². The third-order valence-electron chi connectivity index (χ3n) is 4.18. The minimum absolute atomic E-state index is 0. The van der Waals surface area contributed by atoms with Crippen molar-refractivity contribution in [3.63, 3.8) is 0 Å². The maximum absolute atomic E-state index is 11.9. The molecule has 0 bridgehead atoms. The van der Waals surface area contributed by atoms with Gasteiger partial charge in [0.1, 0.15) is 0 Å². The minimum Gasteiger partial charge on any atom is -0.392 e. The third-order valence-corrected chi connectivity index (χ3v) is 5.40. The number of carbonyl (C=O) groups excluding carboxylic acids is 1. The molecule has 0 radical (unpaired) electrons. The maximum atomic E-state index is 11.9. The van der Waals surface area contributed by atoms with Gasteiger partial charge in [-0.25, -0.2) is 4.98 Å². The highest BCUT2D eigenvalue weighted by Crippen LogP contribution is 2.27. The second-order valence-corrected chi connectivity index (χ2v) is 7.10. The molecule has 2 heterocycles. The van der Waals surface area contributed by atoms with Crippen LogP contribution in [0, 0.1) is 0 Å². The van der Waals surface area contributed by atoms with E-state index in [9.17, 15) is 9.90 Å². The Morgan fingerprint density at radius 3 is 2.95 bits per heavy atom. The molecule has 1 saturated heterocycles. The Bertz CT molecular complexity index is 485. The molecule has 2 unspecified atom stereocenters. The second kappa shape index (κ2) is 8.24. The van der Waals surface area contributed by atoms with E-state index >= 15 is 0 Å². The number of rotatable bonds is 5. The highest BCUT2D eigenvalue weighted by atomic mass is 35.5. The second-order valence-electron chi connectivity index (χ2n) is 5.93. The van der Waals surface area contributed by atoms with Crippen molar-refractivity contribution in [2.75, 3.05) is 13.1 Å². The van der Waals surface area contributed by atoms with Gasteiger partial charge in [0.2, 0.25) is 5.91 Å². The van der Waals surface area contributed by atoms with Crippen molar-refractivity contribution in [1.29, 1.82) is 0 Å². The van der Waals surface area contributed by atoms with Gasteiger partial charge in [0.15, 0.2) is 0 Å². The lowest BCUT2D eigenvalue weighted by Crippen LogP contribution is -2.40. The Hall–Kier alpha value is -0.690. The first-order chi connectivity index (χ1) is 10.2. The lowest BCUT2D eigenvalue weighted by Gasteiger charge is -2.10. The van der Waals surface area contributed by atoms with Crippen molar-refractivity contribution >= 4 is 29.7 Å². The summed E-state index contributed by atoms with van der Waals surface area (Å²) in [6.45, 7) is 1.19. The number of aliphatic hydroxyl groups is 1. The Balaban J connectivity index is 0.00000176. The molecule has 22 heavy (non-hydrogen) atoms. The van der Waals surface area contributed by atoms with E-state index in [-0.39, 0.29) is 30.5 Å². The standard InChI is InChI=1S/C15H23N3O2S.ClH/c19-10-8-12(17-9-10)15(20)16-7-3-6-14-18-11-4-1-2-5-13(11)21-14;/h10,12,17,19H,1-9H2,(H,16,20);1H. The number of nitrogens with zero attached hydrogens (tertiary/aromatic N) is 1. The molecule has 3 N–H and O–H groups in total. The predicted molar refractivity (Wildman–Crippen MR) is 89.7 cm³/mol. The molecule has 0 aromatic carbocycles. The van der Waals surface area contributed by atoms with Crippen LogP contribution in [0.15, 0.2) is 0 Å². The average Bonchev–Trinajstić information content (AvgIpc) is 3.09. The monoisotopic (exact) mass is 345 g/mol. The van der Waals surface area contributed by atoms with Crippen molar-refractivity contribution < 1.29 is 9.90 Å². The quantitative estimate of drug-likeness (QED) is 0.701. The van der Waals surface area contributed by atoms with Gasteiger partial charge in [0.05, 0.1) is 22.8 Å². The van der Waals surface area contributed by atoms with Crippen LogP contribution in [0.4, 0.5) is 0 Å². The molecular formula is C15H24ClN3O2S. The van der Waals surface area contributed by atoms with E-state index in [0.29, 0.717) is 19.5 Å². The summed E-state index contributed by atoms with van der Waals surface area (Å²) in [5.74, 6) is 0.00461. The third kappa shape index (κ3) is 4.41. The van der Waals surface area contributed by atoms with E-state index in [2.05, 4.69) is 10.6 Å². The first-order valence-electron chi connectivity index (χ1n) is 7.89. The van der Waals surface area contributed by atoms with Crippen molar-refractivity contribution in [2.45, 2.75) is 57.1 Å². The zero-order valence-electron chi connectivity index (χ0n) is 12.6. The van der Waals surface area contributed by atoms with Crippen molar-refractivity contribution in [1.82, 2.24) is 15.6 Å². The highest BCUT2D eigenvalue weighted by molar-refractivity contribution is 7.11. The Labute approximate surface area is 141 Å². The molecule has 124 valence electrons. The number of aryl methyl sites for hydroxylation is 3. The smallest absolute Gasteiger partial charge is 0.237 e. The number of hydrogen-bond acceptors (Lipinski definition) is 5. The zero-order valence-corrected chi connectivity index (χ0v) is 14.3. The number of hydrogen-bond donors (Lipinski definition) is 3. The maximum Gasteiger partial charge on any atom is 0.237 e. The number of thiazole rings is 1. The molecule has 2 aliphatic rings. The summed E-state index contributed by atoms with van der Waals surface area (Å²) < 4.78 is 0. The van der Waals surface area contributed by atoms with Gasteiger partial charge in [-0.05, 0) is 38.5 Å². The number of aromatic nitrogens is 1. The first-order valence-corrected chi connectivity index (χ1v) is 8.70. The van der Waals surface area contributed by atoms with E-state index in [1.54, 1.807) is 0 Å². The van der Waals surface area contributed by atoms with Crippen LogP contribution in [0.1, 0.15) is 41.3 Å². The summed E-state index contributed by atoms with van der Waals surface area (Å²) in [5, 5.41) is 16.6. The molecule has 0 saturated carbocycles. The Kier molecular flexibility index (Phi) is 6.62. The molecule has 0 spiro atoms. The number of fused-ring (bicyclic) bond motifs is 1. The topological polar surface area (TPSA) is 74.2 Å². The Morgan fingerprint density at radius 1 is 1.41 bits per heavy atom. The van der Waals surface area contributed by atoms with Gasteiger partial charge in [-0.3, -0.25) is 4.79 Å². The number of nitrogens with one attached hydrogen (secondary N) is 2. The van der Waals surface area contributed by atoms with Crippen molar-refractivity contribution in [2.24, 2.45) is 0 Å². The van der Waals surface area contributed by atoms with Gasteiger partial charge < -0.3 is 15.7 Å². The fraction of sp³-hybridized carbons (Fsp3) is 0.733. The van der Waals surface area contributed by atoms with Gasteiger partial charge in [-0.15, -0.1) is 23.7 Å². The van der Waals surface area contributed by atoms with Crippen molar-refractivity contribution in [3.8, 4) is 0 Å². The van der Waals surface area contributed by atoms with E-state index < -0.39 is 0 Å². The molecule has 1 aliphatic heterocycles. The molecule has 1 aromatic heterocycles. The molecular weight excluding hydrogens is 322 g/mol. The number of amides is 1. The molecule has 5 nitrogen and oxygen atoms in total. The lowest BCUT2D eigenvalue weighted by molar-refractivity contribution is -0.122. The number of carbonyl (C=O) groups is 1. The predicted octanol–water partition coefficient (Wildman–Crippen LogP) is 1.22. The summed E-state index contributed by atoms with van der Waals surface area (Å²) in [4.78, 5) is 18.1. The van der Waals surface area contributed by atoms with E-state index in [0.717, 1.165) is 19.3 Å². The van der Waals surface area contributed by atoms with E-state index in [1.807, 2.05) is 11.3 Å². The van der Waals surface area contributed by atoms with Crippen LogP contribution in [0.2, 0.25) is 0 Å². The van der Waals surface area contributed by atoms with E-state index in [4.69, 9.17) is 4.98 Å². The molecule has 1 aromatic rings. The fourth-order valence-electron chi connectivity index (χ4n) is 3.00. The van der Waals surface area contributed by atoms with Crippen LogP contribution >= 0.6 is 23.7 Å². The average molecular weight is 346 g/mol. The van der Waals surface area contributed by atoms with Gasteiger partial charge >= 0.3 is 0 Å².